The van der Waals surface area contributed by atoms with Crippen molar-refractivity contribution in [2.75, 3.05) is 6.54 Å². The number of benzene rings is 1. The minimum absolute atomic E-state index is 0.301. The monoisotopic (exact) mass is 295 g/mol. The zero-order valence-electron chi connectivity index (χ0n) is 9.56. The van der Waals surface area contributed by atoms with E-state index in [-0.39, 0.29) is 0 Å². The van der Waals surface area contributed by atoms with Crippen LogP contribution in [0, 0.1) is 0 Å². The second-order valence-corrected chi connectivity index (χ2v) is 4.73. The molecule has 0 saturated heterocycles. The van der Waals surface area contributed by atoms with E-state index in [0.717, 1.165) is 17.4 Å². The lowest BCUT2D eigenvalue weighted by Crippen LogP contribution is -2.21. The lowest BCUT2D eigenvalue weighted by molar-refractivity contribution is 0.372. The molecule has 0 aliphatic carbocycles. The standard InChI is InChI=1S/C12H14BrN3O/c1-9(10-3-2-4-11(13)7-10)14-6-5-12-15-8-16-17-12/h2-4,7-9,14H,5-6H2,1H3. The van der Waals surface area contributed by atoms with E-state index in [2.05, 4.69) is 50.4 Å². The first-order valence-corrected chi connectivity index (χ1v) is 6.29. The maximum absolute atomic E-state index is 4.93. The summed E-state index contributed by atoms with van der Waals surface area (Å²) in [7, 11) is 0. The van der Waals surface area contributed by atoms with Crippen molar-refractivity contribution in [3.05, 3.63) is 46.5 Å². The Kier molecular flexibility index (Phi) is 4.28. The van der Waals surface area contributed by atoms with Crippen LogP contribution in [0.25, 0.3) is 0 Å². The molecule has 0 radical (unpaired) electrons. The van der Waals surface area contributed by atoms with Gasteiger partial charge in [-0.1, -0.05) is 33.2 Å². The first kappa shape index (κ1) is 12.3. The molecule has 1 heterocycles. The molecular formula is C12H14BrN3O. The summed E-state index contributed by atoms with van der Waals surface area (Å²) in [5.74, 6) is 0.666. The molecule has 1 N–H and O–H groups in total. The highest BCUT2D eigenvalue weighted by molar-refractivity contribution is 9.10. The van der Waals surface area contributed by atoms with E-state index in [1.54, 1.807) is 0 Å². The van der Waals surface area contributed by atoms with Crippen LogP contribution in [-0.2, 0) is 6.42 Å². The molecule has 0 spiro atoms. The molecule has 1 aromatic heterocycles. The van der Waals surface area contributed by atoms with Gasteiger partial charge in [-0.25, -0.2) is 0 Å². The van der Waals surface area contributed by atoms with Crippen molar-refractivity contribution in [1.29, 1.82) is 0 Å². The molecule has 0 aliphatic heterocycles. The fraction of sp³-hybridized carbons (Fsp3) is 0.333. The van der Waals surface area contributed by atoms with Crippen molar-refractivity contribution in [3.63, 3.8) is 0 Å². The number of rotatable bonds is 5. The third-order valence-corrected chi connectivity index (χ3v) is 3.04. The summed E-state index contributed by atoms with van der Waals surface area (Å²) in [4.78, 5) is 3.97. The van der Waals surface area contributed by atoms with Crippen LogP contribution in [0.15, 0.2) is 39.6 Å². The Balaban J connectivity index is 1.83. The molecule has 1 unspecified atom stereocenters. The van der Waals surface area contributed by atoms with Crippen molar-refractivity contribution < 1.29 is 4.52 Å². The SMILES string of the molecule is CC(NCCc1ncno1)c1cccc(Br)c1. The first-order chi connectivity index (χ1) is 8.25. The predicted octanol–water partition coefficient (Wildman–Crippen LogP) is 2.73. The van der Waals surface area contributed by atoms with Gasteiger partial charge in [0.15, 0.2) is 6.33 Å². The molecule has 4 nitrogen and oxygen atoms in total. The Bertz CT molecular complexity index is 459. The van der Waals surface area contributed by atoms with E-state index >= 15 is 0 Å². The third kappa shape index (κ3) is 3.64. The van der Waals surface area contributed by atoms with Gasteiger partial charge in [-0.2, -0.15) is 4.98 Å². The third-order valence-electron chi connectivity index (χ3n) is 2.55. The molecular weight excluding hydrogens is 282 g/mol. The van der Waals surface area contributed by atoms with Gasteiger partial charge < -0.3 is 9.84 Å². The molecule has 0 bridgehead atoms. The maximum atomic E-state index is 4.93. The fourth-order valence-corrected chi connectivity index (χ4v) is 2.01. The van der Waals surface area contributed by atoms with Crippen LogP contribution in [0.5, 0.6) is 0 Å². The molecule has 1 atom stereocenters. The molecule has 90 valence electrons. The van der Waals surface area contributed by atoms with Crippen molar-refractivity contribution in [2.45, 2.75) is 19.4 Å². The average molecular weight is 296 g/mol. The molecule has 1 aromatic carbocycles. The lowest BCUT2D eigenvalue weighted by Gasteiger charge is -2.13. The molecule has 0 aliphatic rings. The molecule has 17 heavy (non-hydrogen) atoms. The quantitative estimate of drug-likeness (QED) is 0.921. The summed E-state index contributed by atoms with van der Waals surface area (Å²) >= 11 is 3.47. The summed E-state index contributed by atoms with van der Waals surface area (Å²) in [5, 5.41) is 6.99. The normalized spacial score (nSPS) is 12.6. The second kappa shape index (κ2) is 5.93. The minimum Gasteiger partial charge on any atom is -0.340 e. The average Bonchev–Trinajstić information content (AvgIpc) is 2.82. The Morgan fingerprint density at radius 2 is 2.35 bits per heavy atom. The van der Waals surface area contributed by atoms with Gasteiger partial charge in [-0.3, -0.25) is 0 Å². The molecule has 0 saturated carbocycles. The smallest absolute Gasteiger partial charge is 0.227 e. The van der Waals surface area contributed by atoms with E-state index in [4.69, 9.17) is 4.52 Å². The van der Waals surface area contributed by atoms with E-state index in [1.165, 1.54) is 11.9 Å². The number of nitrogens with zero attached hydrogens (tertiary/aromatic N) is 2. The highest BCUT2D eigenvalue weighted by Gasteiger charge is 2.05. The molecule has 0 amide bonds. The zero-order valence-corrected chi connectivity index (χ0v) is 11.1. The Morgan fingerprint density at radius 3 is 3.06 bits per heavy atom. The van der Waals surface area contributed by atoms with E-state index in [0.29, 0.717) is 11.9 Å². The van der Waals surface area contributed by atoms with E-state index < -0.39 is 0 Å². The summed E-state index contributed by atoms with van der Waals surface area (Å²) < 4.78 is 6.03. The minimum atomic E-state index is 0.301. The molecule has 5 heteroatoms. The second-order valence-electron chi connectivity index (χ2n) is 3.82. The van der Waals surface area contributed by atoms with Crippen LogP contribution in [0.3, 0.4) is 0 Å². The van der Waals surface area contributed by atoms with Gasteiger partial charge in [-0.15, -0.1) is 0 Å². The molecule has 2 aromatic rings. The highest BCUT2D eigenvalue weighted by atomic mass is 79.9. The maximum Gasteiger partial charge on any atom is 0.227 e. The Morgan fingerprint density at radius 1 is 1.47 bits per heavy atom. The van der Waals surface area contributed by atoms with Gasteiger partial charge in [0.1, 0.15) is 0 Å². The molecule has 2 rings (SSSR count). The largest absolute Gasteiger partial charge is 0.340 e. The van der Waals surface area contributed by atoms with Crippen molar-refractivity contribution in [2.24, 2.45) is 0 Å². The van der Waals surface area contributed by atoms with Gasteiger partial charge in [0.05, 0.1) is 0 Å². The van der Waals surface area contributed by atoms with Crippen LogP contribution in [0.4, 0.5) is 0 Å². The summed E-state index contributed by atoms with van der Waals surface area (Å²) in [6, 6.07) is 8.58. The van der Waals surface area contributed by atoms with E-state index in [1.807, 2.05) is 12.1 Å². The van der Waals surface area contributed by atoms with E-state index in [9.17, 15) is 0 Å². The topological polar surface area (TPSA) is 51.0 Å². The number of aromatic nitrogens is 2. The van der Waals surface area contributed by atoms with Crippen molar-refractivity contribution >= 4 is 15.9 Å². The molecule has 0 fully saturated rings. The van der Waals surface area contributed by atoms with Gasteiger partial charge in [0.2, 0.25) is 5.89 Å². The van der Waals surface area contributed by atoms with Gasteiger partial charge in [0.25, 0.3) is 0 Å². The summed E-state index contributed by atoms with van der Waals surface area (Å²) in [6.07, 6.45) is 2.17. The van der Waals surface area contributed by atoms with Gasteiger partial charge in [0, 0.05) is 23.5 Å². The summed E-state index contributed by atoms with van der Waals surface area (Å²) in [5.41, 5.74) is 1.25. The van der Waals surface area contributed by atoms with Crippen molar-refractivity contribution in [3.8, 4) is 0 Å². The van der Waals surface area contributed by atoms with Crippen LogP contribution >= 0.6 is 15.9 Å². The van der Waals surface area contributed by atoms with Gasteiger partial charge in [-0.05, 0) is 24.6 Å². The predicted molar refractivity (Wildman–Crippen MR) is 68.6 cm³/mol. The number of nitrogens with one attached hydrogen (secondary N) is 1. The Labute approximate surface area is 109 Å². The van der Waals surface area contributed by atoms with Crippen LogP contribution in [-0.4, -0.2) is 16.7 Å². The van der Waals surface area contributed by atoms with Gasteiger partial charge >= 0.3 is 0 Å². The zero-order chi connectivity index (χ0) is 12.1. The lowest BCUT2D eigenvalue weighted by atomic mass is 10.1. The number of hydrogen-bond donors (Lipinski definition) is 1. The van der Waals surface area contributed by atoms with Crippen LogP contribution in [0.1, 0.15) is 24.4 Å². The highest BCUT2D eigenvalue weighted by Crippen LogP contribution is 2.17. The fourth-order valence-electron chi connectivity index (χ4n) is 1.60. The number of hydrogen-bond acceptors (Lipinski definition) is 4. The first-order valence-electron chi connectivity index (χ1n) is 5.50. The summed E-state index contributed by atoms with van der Waals surface area (Å²) in [6.45, 7) is 2.95. The number of halogens is 1. The van der Waals surface area contributed by atoms with Crippen LogP contribution < -0.4 is 5.32 Å². The van der Waals surface area contributed by atoms with Crippen LogP contribution in [0.2, 0.25) is 0 Å². The van der Waals surface area contributed by atoms with Crippen molar-refractivity contribution in [1.82, 2.24) is 15.5 Å². The Hall–Kier alpha value is -1.20.